The van der Waals surface area contributed by atoms with Crippen LogP contribution in [0.25, 0.3) is 5.69 Å². The minimum absolute atomic E-state index is 0.0159. The number of alkyl halides is 3. The van der Waals surface area contributed by atoms with Crippen LogP contribution in [0.15, 0.2) is 18.5 Å². The fourth-order valence-electron chi connectivity index (χ4n) is 2.28. The summed E-state index contributed by atoms with van der Waals surface area (Å²) in [6.45, 7) is 7.58. The number of amides is 1. The van der Waals surface area contributed by atoms with Crippen LogP contribution in [-0.2, 0) is 10.9 Å². The van der Waals surface area contributed by atoms with E-state index in [4.69, 9.17) is 4.74 Å². The van der Waals surface area contributed by atoms with Crippen LogP contribution in [0.5, 0.6) is 0 Å². The molecule has 0 saturated heterocycles. The summed E-state index contributed by atoms with van der Waals surface area (Å²) in [4.78, 5) is 27.4. The van der Waals surface area contributed by atoms with Gasteiger partial charge in [-0.3, -0.25) is 10.1 Å². The van der Waals surface area contributed by atoms with Crippen molar-refractivity contribution in [1.82, 2.24) is 14.8 Å². The molecule has 0 aliphatic rings. The lowest BCUT2D eigenvalue weighted by Gasteiger charge is -2.20. The molecule has 2 rings (SSSR count). The fourth-order valence-corrected chi connectivity index (χ4v) is 2.28. The number of carbonyl (C=O) groups excluding carboxylic acids is 2. The van der Waals surface area contributed by atoms with E-state index in [0.29, 0.717) is 10.2 Å². The first-order valence-corrected chi connectivity index (χ1v) is 7.93. The highest BCUT2D eigenvalue weighted by molar-refractivity contribution is 5.95. The predicted octanol–water partition coefficient (Wildman–Crippen LogP) is 4.14. The van der Waals surface area contributed by atoms with E-state index in [1.807, 2.05) is 0 Å². The van der Waals surface area contributed by atoms with Crippen LogP contribution in [0.3, 0.4) is 0 Å². The summed E-state index contributed by atoms with van der Waals surface area (Å²) in [7, 11) is 0. The number of anilines is 1. The molecule has 0 radical (unpaired) electrons. The summed E-state index contributed by atoms with van der Waals surface area (Å²) < 4.78 is 46.2. The van der Waals surface area contributed by atoms with Crippen molar-refractivity contribution < 1.29 is 27.5 Å². The van der Waals surface area contributed by atoms with Crippen LogP contribution in [0.1, 0.15) is 49.3 Å². The zero-order valence-corrected chi connectivity index (χ0v) is 15.4. The minimum Gasteiger partial charge on any atom is -0.444 e. The van der Waals surface area contributed by atoms with Gasteiger partial charge in [0.1, 0.15) is 11.4 Å². The Morgan fingerprint density at radius 2 is 1.81 bits per heavy atom. The Labute approximate surface area is 153 Å². The lowest BCUT2D eigenvalue weighted by atomic mass is 10.1. The Morgan fingerprint density at radius 3 is 2.33 bits per heavy atom. The number of hydrogen-bond donors (Lipinski definition) is 1. The summed E-state index contributed by atoms with van der Waals surface area (Å²) in [6, 6.07) is 1.23. The smallest absolute Gasteiger partial charge is 0.434 e. The van der Waals surface area contributed by atoms with Gasteiger partial charge in [0.15, 0.2) is 11.5 Å². The van der Waals surface area contributed by atoms with E-state index in [9.17, 15) is 22.8 Å². The van der Waals surface area contributed by atoms with Crippen molar-refractivity contribution >= 4 is 17.7 Å². The van der Waals surface area contributed by atoms with Crippen molar-refractivity contribution in [3.05, 3.63) is 35.3 Å². The summed E-state index contributed by atoms with van der Waals surface area (Å²) >= 11 is 0. The van der Waals surface area contributed by atoms with Crippen molar-refractivity contribution in [1.29, 1.82) is 0 Å². The van der Waals surface area contributed by atoms with Crippen molar-refractivity contribution in [2.45, 2.75) is 46.4 Å². The first kappa shape index (κ1) is 20.4. The maximum Gasteiger partial charge on any atom is 0.434 e. The second-order valence-electron chi connectivity index (χ2n) is 6.86. The van der Waals surface area contributed by atoms with Crippen LogP contribution < -0.4 is 5.32 Å². The van der Waals surface area contributed by atoms with Gasteiger partial charge in [-0.25, -0.2) is 14.5 Å². The average molecular weight is 384 g/mol. The topological polar surface area (TPSA) is 86.1 Å². The molecular formula is C17H19F3N4O3. The third kappa shape index (κ3) is 4.83. The number of hydrogen-bond acceptors (Lipinski definition) is 5. The molecule has 1 amide bonds. The normalized spacial score (nSPS) is 12.0. The number of halogens is 3. The third-order valence-corrected chi connectivity index (χ3v) is 3.35. The van der Waals surface area contributed by atoms with Crippen LogP contribution >= 0.6 is 0 Å². The number of aryl methyl sites for hydroxylation is 1. The number of nitrogens with one attached hydrogen (secondary N) is 1. The molecule has 146 valence electrons. The second-order valence-corrected chi connectivity index (χ2v) is 6.86. The molecule has 1 N–H and O–H groups in total. The van der Waals surface area contributed by atoms with E-state index in [0.717, 1.165) is 13.1 Å². The zero-order valence-electron chi connectivity index (χ0n) is 15.4. The van der Waals surface area contributed by atoms with Crippen molar-refractivity contribution in [2.75, 3.05) is 5.32 Å². The standard InChI is InChI=1S/C17H19F3N4O3/c1-9-7-21-13(23-15(26)27-16(3,4)5)6-12(9)24-14(17(18,19)20)11(8-22-24)10(2)25/h6-8H,1-5H3,(H,21,23,26). The Morgan fingerprint density at radius 1 is 1.19 bits per heavy atom. The monoisotopic (exact) mass is 384 g/mol. The molecule has 27 heavy (non-hydrogen) atoms. The van der Waals surface area contributed by atoms with E-state index in [1.54, 1.807) is 20.8 Å². The van der Waals surface area contributed by atoms with Gasteiger partial charge in [-0.1, -0.05) is 0 Å². The summed E-state index contributed by atoms with van der Waals surface area (Å²) in [5.74, 6) is -0.773. The number of pyridine rings is 1. The maximum absolute atomic E-state index is 13.5. The van der Waals surface area contributed by atoms with Crippen LogP contribution in [0.4, 0.5) is 23.8 Å². The molecule has 2 aromatic rings. The molecule has 7 nitrogen and oxygen atoms in total. The molecular weight excluding hydrogens is 365 g/mol. The molecule has 10 heteroatoms. The number of ketones is 1. The Bertz CT molecular complexity index is 883. The van der Waals surface area contributed by atoms with E-state index in [2.05, 4.69) is 15.4 Å². The molecule has 0 atom stereocenters. The second kappa shape index (κ2) is 7.01. The Hall–Kier alpha value is -2.91. The molecule has 0 spiro atoms. The lowest BCUT2D eigenvalue weighted by molar-refractivity contribution is -0.143. The van der Waals surface area contributed by atoms with E-state index >= 15 is 0 Å². The number of rotatable bonds is 3. The van der Waals surface area contributed by atoms with Crippen LogP contribution in [0.2, 0.25) is 0 Å². The average Bonchev–Trinajstić information content (AvgIpc) is 2.92. The van der Waals surface area contributed by atoms with Gasteiger partial charge < -0.3 is 4.74 Å². The summed E-state index contributed by atoms with van der Waals surface area (Å²) in [6.07, 6.45) is -3.44. The highest BCUT2D eigenvalue weighted by Crippen LogP contribution is 2.34. The van der Waals surface area contributed by atoms with E-state index in [-0.39, 0.29) is 11.5 Å². The zero-order chi connectivity index (χ0) is 20.6. The van der Waals surface area contributed by atoms with Crippen molar-refractivity contribution in [3.8, 4) is 5.69 Å². The summed E-state index contributed by atoms with van der Waals surface area (Å²) in [5.41, 5.74) is -2.09. The molecule has 0 fully saturated rings. The highest BCUT2D eigenvalue weighted by Gasteiger charge is 2.40. The van der Waals surface area contributed by atoms with Gasteiger partial charge >= 0.3 is 12.3 Å². The van der Waals surface area contributed by atoms with Gasteiger partial charge in [-0.05, 0) is 40.2 Å². The van der Waals surface area contributed by atoms with Gasteiger partial charge in [-0.15, -0.1) is 0 Å². The van der Waals surface area contributed by atoms with Gasteiger partial charge in [0.05, 0.1) is 17.4 Å². The predicted molar refractivity (Wildman–Crippen MR) is 91.0 cm³/mol. The molecule has 0 aliphatic heterocycles. The SMILES string of the molecule is CC(=O)c1cnn(-c2cc(NC(=O)OC(C)(C)C)ncc2C)c1C(F)(F)F. The third-order valence-electron chi connectivity index (χ3n) is 3.35. The molecule has 2 aromatic heterocycles. The van der Waals surface area contributed by atoms with Crippen molar-refractivity contribution in [3.63, 3.8) is 0 Å². The molecule has 0 unspecified atom stereocenters. The summed E-state index contributed by atoms with van der Waals surface area (Å²) in [5, 5.41) is 6.08. The number of ether oxygens (including phenoxy) is 1. The number of aromatic nitrogens is 3. The molecule has 2 heterocycles. The van der Waals surface area contributed by atoms with E-state index in [1.165, 1.54) is 19.2 Å². The Balaban J connectivity index is 2.49. The molecule has 0 saturated carbocycles. The first-order chi connectivity index (χ1) is 12.3. The first-order valence-electron chi connectivity index (χ1n) is 7.93. The number of Topliss-reactive ketones (excluding diaryl/α,β-unsaturated/α-hetero) is 1. The van der Waals surface area contributed by atoms with Crippen molar-refractivity contribution in [2.24, 2.45) is 0 Å². The fraction of sp³-hybridized carbons (Fsp3) is 0.412. The lowest BCUT2D eigenvalue weighted by Crippen LogP contribution is -2.27. The van der Waals surface area contributed by atoms with Crippen LogP contribution in [-0.4, -0.2) is 32.2 Å². The number of carbonyl (C=O) groups is 2. The van der Waals surface area contributed by atoms with Crippen LogP contribution in [0, 0.1) is 6.92 Å². The van der Waals surface area contributed by atoms with Gasteiger partial charge in [0.2, 0.25) is 0 Å². The Kier molecular flexibility index (Phi) is 5.30. The van der Waals surface area contributed by atoms with Gasteiger partial charge in [0, 0.05) is 12.3 Å². The maximum atomic E-state index is 13.5. The quantitative estimate of drug-likeness (QED) is 0.804. The highest BCUT2D eigenvalue weighted by atomic mass is 19.4. The molecule has 0 bridgehead atoms. The van der Waals surface area contributed by atoms with Gasteiger partial charge in [-0.2, -0.15) is 18.3 Å². The largest absolute Gasteiger partial charge is 0.444 e. The number of nitrogens with zero attached hydrogens (tertiary/aromatic N) is 3. The molecule has 0 aromatic carbocycles. The molecule has 0 aliphatic carbocycles. The van der Waals surface area contributed by atoms with Gasteiger partial charge in [0.25, 0.3) is 0 Å². The minimum atomic E-state index is -4.80. The van der Waals surface area contributed by atoms with E-state index < -0.39 is 34.9 Å².